The minimum Gasteiger partial charge on any atom is -0.298 e. The van der Waals surface area contributed by atoms with Crippen molar-refractivity contribution in [2.45, 2.75) is 26.2 Å². The van der Waals surface area contributed by atoms with Crippen LogP contribution in [-0.4, -0.2) is 6.29 Å². The summed E-state index contributed by atoms with van der Waals surface area (Å²) in [4.78, 5) is 10.5. The summed E-state index contributed by atoms with van der Waals surface area (Å²) >= 11 is 0. The van der Waals surface area contributed by atoms with E-state index in [4.69, 9.17) is 0 Å². The Labute approximate surface area is 109 Å². The van der Waals surface area contributed by atoms with Crippen molar-refractivity contribution >= 4 is 6.29 Å². The molecule has 1 rings (SSSR count). The summed E-state index contributed by atoms with van der Waals surface area (Å²) in [5, 5.41) is 0. The molecular weight excluding hydrogens is 220 g/mol. The molecular formula is C17H16O. The Balaban J connectivity index is 2.46. The van der Waals surface area contributed by atoms with Crippen LogP contribution in [0.2, 0.25) is 0 Å². The summed E-state index contributed by atoms with van der Waals surface area (Å²) in [7, 11) is 0. The van der Waals surface area contributed by atoms with E-state index < -0.39 is 0 Å². The first kappa shape index (κ1) is 13.8. The van der Waals surface area contributed by atoms with E-state index in [-0.39, 0.29) is 0 Å². The zero-order valence-electron chi connectivity index (χ0n) is 10.6. The van der Waals surface area contributed by atoms with Crippen molar-refractivity contribution in [2.75, 3.05) is 0 Å². The van der Waals surface area contributed by atoms with Crippen LogP contribution in [0.15, 0.2) is 36.4 Å². The van der Waals surface area contributed by atoms with E-state index in [0.717, 1.165) is 24.7 Å². The first-order valence-electron chi connectivity index (χ1n) is 6.07. The number of carbonyl (C=O) groups is 1. The topological polar surface area (TPSA) is 17.1 Å². The van der Waals surface area contributed by atoms with Crippen molar-refractivity contribution in [3.63, 3.8) is 0 Å². The molecule has 90 valence electrons. The highest BCUT2D eigenvalue weighted by atomic mass is 16.1. The van der Waals surface area contributed by atoms with E-state index in [2.05, 4.69) is 30.6 Å². The van der Waals surface area contributed by atoms with Crippen LogP contribution < -0.4 is 0 Å². The van der Waals surface area contributed by atoms with E-state index >= 15 is 0 Å². The first-order chi connectivity index (χ1) is 8.86. The third-order valence-corrected chi connectivity index (χ3v) is 2.27. The van der Waals surface area contributed by atoms with Crippen molar-refractivity contribution < 1.29 is 4.79 Å². The van der Waals surface area contributed by atoms with Crippen LogP contribution in [0.25, 0.3) is 0 Å². The van der Waals surface area contributed by atoms with Gasteiger partial charge in [0.25, 0.3) is 0 Å². The van der Waals surface area contributed by atoms with Crippen LogP contribution in [0.1, 0.15) is 42.1 Å². The molecule has 0 unspecified atom stereocenters. The van der Waals surface area contributed by atoms with Gasteiger partial charge in [0, 0.05) is 17.5 Å². The van der Waals surface area contributed by atoms with Gasteiger partial charge in [0.2, 0.25) is 0 Å². The lowest BCUT2D eigenvalue weighted by molar-refractivity contribution is 0.112. The number of hydrogen-bond donors (Lipinski definition) is 0. The lowest BCUT2D eigenvalue weighted by Crippen LogP contribution is -1.79. The molecule has 0 saturated heterocycles. The average Bonchev–Trinajstić information content (AvgIpc) is 2.42. The zero-order chi connectivity index (χ0) is 13.1. The predicted octanol–water partition coefficient (Wildman–Crippen LogP) is 3.60. The van der Waals surface area contributed by atoms with E-state index in [1.165, 1.54) is 6.42 Å². The summed E-state index contributed by atoms with van der Waals surface area (Å²) < 4.78 is 0. The second kappa shape index (κ2) is 8.85. The van der Waals surface area contributed by atoms with Gasteiger partial charge in [-0.1, -0.05) is 49.2 Å². The fourth-order valence-electron chi connectivity index (χ4n) is 1.25. The number of rotatable bonds is 3. The predicted molar refractivity (Wildman–Crippen MR) is 75.1 cm³/mol. The highest BCUT2D eigenvalue weighted by Crippen LogP contribution is 2.00. The Bertz CT molecular complexity index is 513. The zero-order valence-corrected chi connectivity index (χ0v) is 10.6. The van der Waals surface area contributed by atoms with E-state index in [9.17, 15) is 4.79 Å². The molecule has 0 fully saturated rings. The van der Waals surface area contributed by atoms with Gasteiger partial charge in [-0.25, -0.2) is 0 Å². The van der Waals surface area contributed by atoms with Gasteiger partial charge in [0.15, 0.2) is 0 Å². The molecule has 1 heteroatoms. The third-order valence-electron chi connectivity index (χ3n) is 2.27. The largest absolute Gasteiger partial charge is 0.298 e. The second-order valence-corrected chi connectivity index (χ2v) is 3.77. The fraction of sp³-hybridized carbons (Fsp3) is 0.235. The van der Waals surface area contributed by atoms with E-state index in [1.54, 1.807) is 24.3 Å². The molecule has 0 bridgehead atoms. The van der Waals surface area contributed by atoms with Gasteiger partial charge < -0.3 is 0 Å². The maximum absolute atomic E-state index is 10.5. The Hall–Kier alpha value is -2.25. The van der Waals surface area contributed by atoms with Crippen molar-refractivity contribution in [1.82, 2.24) is 0 Å². The number of aldehydes is 1. The highest BCUT2D eigenvalue weighted by Gasteiger charge is 1.88. The van der Waals surface area contributed by atoms with Gasteiger partial charge in [-0.3, -0.25) is 4.79 Å². The Morgan fingerprint density at radius 3 is 2.50 bits per heavy atom. The molecule has 18 heavy (non-hydrogen) atoms. The van der Waals surface area contributed by atoms with Gasteiger partial charge in [0.1, 0.15) is 6.29 Å². The number of carbonyl (C=O) groups excluding carboxylic acids is 1. The van der Waals surface area contributed by atoms with Crippen molar-refractivity contribution in [3.8, 4) is 23.7 Å². The van der Waals surface area contributed by atoms with Crippen LogP contribution in [0, 0.1) is 23.7 Å². The smallest absolute Gasteiger partial charge is 0.150 e. The molecule has 1 nitrogen and oxygen atoms in total. The summed E-state index contributed by atoms with van der Waals surface area (Å²) in [6.07, 6.45) is 7.60. The molecule has 0 amide bonds. The number of allylic oxidation sites excluding steroid dienone is 2. The molecule has 1 aromatic rings. The molecule has 0 heterocycles. The molecule has 0 aliphatic carbocycles. The minimum absolute atomic E-state index is 0.665. The summed E-state index contributed by atoms with van der Waals surface area (Å²) in [6.45, 7) is 2.15. The van der Waals surface area contributed by atoms with Crippen molar-refractivity contribution in [3.05, 3.63) is 47.5 Å². The molecule has 0 aliphatic rings. The molecule has 0 aromatic heterocycles. The number of hydrogen-bond acceptors (Lipinski definition) is 1. The van der Waals surface area contributed by atoms with Gasteiger partial charge in [0.05, 0.1) is 0 Å². The first-order valence-corrected chi connectivity index (χ1v) is 6.07. The van der Waals surface area contributed by atoms with Crippen molar-refractivity contribution in [2.24, 2.45) is 0 Å². The standard InChI is InChI=1S/C17H16O/c1-2-3-4-5-6-7-8-9-10-16-11-13-17(15-18)14-12-16/h7-8,11-15H,2-4H2,1H3. The normalized spacial score (nSPS) is 9.17. The van der Waals surface area contributed by atoms with Crippen LogP contribution in [0.5, 0.6) is 0 Å². The van der Waals surface area contributed by atoms with Gasteiger partial charge in [-0.15, -0.1) is 0 Å². The molecule has 0 saturated carbocycles. The average molecular weight is 236 g/mol. The maximum atomic E-state index is 10.5. The Morgan fingerprint density at radius 2 is 1.83 bits per heavy atom. The molecule has 0 radical (unpaired) electrons. The molecule has 0 spiro atoms. The quantitative estimate of drug-likeness (QED) is 0.445. The molecule has 1 aromatic carbocycles. The summed E-state index contributed by atoms with van der Waals surface area (Å²) in [5.74, 6) is 11.9. The van der Waals surface area contributed by atoms with Gasteiger partial charge in [-0.2, -0.15) is 0 Å². The summed E-state index contributed by atoms with van der Waals surface area (Å²) in [5.41, 5.74) is 1.56. The fourth-order valence-corrected chi connectivity index (χ4v) is 1.25. The van der Waals surface area contributed by atoms with Crippen LogP contribution >= 0.6 is 0 Å². The van der Waals surface area contributed by atoms with Crippen LogP contribution in [0.3, 0.4) is 0 Å². The lowest BCUT2D eigenvalue weighted by atomic mass is 10.1. The van der Waals surface area contributed by atoms with Crippen LogP contribution in [0.4, 0.5) is 0 Å². The Kier molecular flexibility index (Phi) is 6.79. The van der Waals surface area contributed by atoms with E-state index in [1.807, 2.05) is 12.1 Å². The summed E-state index contributed by atoms with van der Waals surface area (Å²) in [6, 6.07) is 7.17. The number of unbranched alkanes of at least 4 members (excludes halogenated alkanes) is 2. The monoisotopic (exact) mass is 236 g/mol. The third kappa shape index (κ3) is 5.73. The van der Waals surface area contributed by atoms with Crippen molar-refractivity contribution in [1.29, 1.82) is 0 Å². The van der Waals surface area contributed by atoms with Crippen LogP contribution in [-0.2, 0) is 0 Å². The van der Waals surface area contributed by atoms with Gasteiger partial charge >= 0.3 is 0 Å². The highest BCUT2D eigenvalue weighted by molar-refractivity contribution is 5.74. The maximum Gasteiger partial charge on any atom is 0.150 e. The van der Waals surface area contributed by atoms with Gasteiger partial charge in [-0.05, 0) is 30.7 Å². The SMILES string of the molecule is CCCCC#CC=CC#Cc1ccc(C=O)cc1. The molecule has 0 atom stereocenters. The Morgan fingerprint density at radius 1 is 1.11 bits per heavy atom. The lowest BCUT2D eigenvalue weighted by Gasteiger charge is -1.89. The molecule has 0 N–H and O–H groups in total. The molecule has 0 aliphatic heterocycles. The van der Waals surface area contributed by atoms with E-state index in [0.29, 0.717) is 5.56 Å². The second-order valence-electron chi connectivity index (χ2n) is 3.77. The minimum atomic E-state index is 0.665. The number of benzene rings is 1.